The lowest BCUT2D eigenvalue weighted by Gasteiger charge is -2.19. The molecule has 0 bridgehead atoms. The van der Waals surface area contributed by atoms with E-state index in [4.69, 9.17) is 14.5 Å². The second kappa shape index (κ2) is 9.03. The van der Waals surface area contributed by atoms with Crippen LogP contribution in [-0.4, -0.2) is 52.1 Å². The van der Waals surface area contributed by atoms with Crippen LogP contribution in [0.25, 0.3) is 33.6 Å². The number of benzene rings is 1. The zero-order valence-corrected chi connectivity index (χ0v) is 20.6. The highest BCUT2D eigenvalue weighted by Crippen LogP contribution is 2.38. The topological polar surface area (TPSA) is 74.4 Å². The van der Waals surface area contributed by atoms with Crippen LogP contribution in [-0.2, 0) is 18.3 Å². The highest BCUT2D eigenvalue weighted by molar-refractivity contribution is 7.99. The van der Waals surface area contributed by atoms with Gasteiger partial charge in [-0.1, -0.05) is 0 Å². The van der Waals surface area contributed by atoms with E-state index in [1.807, 2.05) is 23.7 Å². The molecular formula is C24H25F2N5O3S. The molecule has 3 aromatic heterocycles. The number of pyridine rings is 1. The molecule has 0 unspecified atom stereocenters. The number of imidazole rings is 1. The fourth-order valence-electron chi connectivity index (χ4n) is 4.37. The van der Waals surface area contributed by atoms with Crippen LogP contribution in [0, 0.1) is 5.92 Å². The molecule has 8 nitrogen and oxygen atoms in total. The Balaban J connectivity index is 1.71. The van der Waals surface area contributed by atoms with Gasteiger partial charge in [0.1, 0.15) is 22.7 Å². The molecule has 0 amide bonds. The first kappa shape index (κ1) is 23.4. The Morgan fingerprint density at radius 3 is 2.63 bits per heavy atom. The van der Waals surface area contributed by atoms with Crippen molar-refractivity contribution in [1.82, 2.24) is 19.1 Å². The van der Waals surface area contributed by atoms with Gasteiger partial charge in [-0.2, -0.15) is 8.78 Å². The molecule has 4 aromatic rings. The first-order chi connectivity index (χ1) is 16.9. The SMILES string of the molecule is COC(=O)c1cc(OC)c2c(c1)nc(-c1cc3ccc(N(SC)C(F)F)nc3n1CC1CC1)n2C. The Bertz CT molecular complexity index is 1430. The van der Waals surface area contributed by atoms with Gasteiger partial charge in [-0.15, -0.1) is 0 Å². The second-order valence-electron chi connectivity index (χ2n) is 8.48. The monoisotopic (exact) mass is 501 g/mol. The number of fused-ring (bicyclic) bond motifs is 2. The standard InChI is InChI=1S/C24H25F2N5O3S/c1-29-20-16(9-15(23(32)34-3)11-18(20)33-2)27-22(29)17-10-14-7-8-19(31(35-4)24(25)26)28-21(14)30(17)12-13-5-6-13/h7-11,13,24H,5-6,12H2,1-4H3. The minimum atomic E-state index is -2.67. The fourth-order valence-corrected chi connectivity index (χ4v) is 4.82. The molecule has 0 saturated heterocycles. The zero-order chi connectivity index (χ0) is 24.9. The maximum Gasteiger partial charge on any atom is 0.338 e. The third-order valence-electron chi connectivity index (χ3n) is 6.27. The van der Waals surface area contributed by atoms with Crippen LogP contribution >= 0.6 is 11.9 Å². The van der Waals surface area contributed by atoms with Gasteiger partial charge in [0.2, 0.25) is 0 Å². The van der Waals surface area contributed by atoms with Crippen molar-refractivity contribution in [3.05, 3.63) is 35.9 Å². The van der Waals surface area contributed by atoms with Crippen molar-refractivity contribution in [2.45, 2.75) is 25.9 Å². The van der Waals surface area contributed by atoms with Gasteiger partial charge in [0, 0.05) is 25.2 Å². The van der Waals surface area contributed by atoms with Crippen LogP contribution in [0.5, 0.6) is 5.75 Å². The Morgan fingerprint density at radius 2 is 2.00 bits per heavy atom. The first-order valence-corrected chi connectivity index (χ1v) is 12.3. The Labute approximate surface area is 205 Å². The largest absolute Gasteiger partial charge is 0.494 e. The molecule has 11 heteroatoms. The summed E-state index contributed by atoms with van der Waals surface area (Å²) in [7, 11) is 4.75. The molecule has 3 heterocycles. The van der Waals surface area contributed by atoms with E-state index in [0.29, 0.717) is 34.2 Å². The molecule has 1 saturated carbocycles. The van der Waals surface area contributed by atoms with Crippen LogP contribution in [0.1, 0.15) is 23.2 Å². The lowest BCUT2D eigenvalue weighted by molar-refractivity contribution is 0.0600. The number of alkyl halides is 2. The molecule has 0 radical (unpaired) electrons. The van der Waals surface area contributed by atoms with Crippen molar-refractivity contribution in [2.75, 3.05) is 24.8 Å². The zero-order valence-electron chi connectivity index (χ0n) is 19.8. The number of carbonyl (C=O) groups excluding carboxylic acids is 1. The molecule has 1 fully saturated rings. The van der Waals surface area contributed by atoms with Gasteiger partial charge >= 0.3 is 12.5 Å². The van der Waals surface area contributed by atoms with E-state index in [1.54, 1.807) is 31.6 Å². The van der Waals surface area contributed by atoms with Crippen molar-refractivity contribution >= 4 is 45.8 Å². The Morgan fingerprint density at radius 1 is 1.23 bits per heavy atom. The van der Waals surface area contributed by atoms with E-state index in [2.05, 4.69) is 9.55 Å². The summed E-state index contributed by atoms with van der Waals surface area (Å²) in [4.78, 5) is 21.6. The maximum absolute atomic E-state index is 13.5. The molecule has 184 valence electrons. The second-order valence-corrected chi connectivity index (χ2v) is 9.24. The van der Waals surface area contributed by atoms with Gasteiger partial charge in [-0.3, -0.25) is 0 Å². The lowest BCUT2D eigenvalue weighted by atomic mass is 10.2. The summed E-state index contributed by atoms with van der Waals surface area (Å²) in [5, 5.41) is 0.842. The Hall–Kier alpha value is -3.34. The minimum Gasteiger partial charge on any atom is -0.494 e. The number of ether oxygens (including phenoxy) is 2. The van der Waals surface area contributed by atoms with Crippen molar-refractivity contribution in [3.63, 3.8) is 0 Å². The summed E-state index contributed by atoms with van der Waals surface area (Å²) in [6, 6.07) is 8.71. The predicted octanol–water partition coefficient (Wildman–Crippen LogP) is 5.10. The number of esters is 1. The smallest absolute Gasteiger partial charge is 0.338 e. The van der Waals surface area contributed by atoms with E-state index in [0.717, 1.165) is 52.2 Å². The van der Waals surface area contributed by atoms with Gasteiger partial charge < -0.3 is 18.6 Å². The number of anilines is 1. The van der Waals surface area contributed by atoms with Crippen molar-refractivity contribution in [1.29, 1.82) is 0 Å². The van der Waals surface area contributed by atoms with Crippen LogP contribution in [0.15, 0.2) is 30.3 Å². The van der Waals surface area contributed by atoms with E-state index >= 15 is 0 Å². The molecule has 0 N–H and O–H groups in total. The van der Waals surface area contributed by atoms with E-state index in [1.165, 1.54) is 7.11 Å². The van der Waals surface area contributed by atoms with Crippen LogP contribution in [0.2, 0.25) is 0 Å². The molecule has 1 aromatic carbocycles. The van der Waals surface area contributed by atoms with E-state index < -0.39 is 12.5 Å². The molecule has 0 spiro atoms. The number of hydrogen-bond acceptors (Lipinski definition) is 7. The molecule has 1 aliphatic carbocycles. The number of methoxy groups -OCH3 is 2. The van der Waals surface area contributed by atoms with Crippen LogP contribution in [0.3, 0.4) is 0 Å². The number of hydrogen-bond donors (Lipinski definition) is 0. The number of aromatic nitrogens is 4. The molecule has 0 atom stereocenters. The highest BCUT2D eigenvalue weighted by atomic mass is 32.2. The average Bonchev–Trinajstić information content (AvgIpc) is 3.52. The molecule has 0 aliphatic heterocycles. The number of rotatable bonds is 8. The van der Waals surface area contributed by atoms with Crippen molar-refractivity contribution < 1.29 is 23.0 Å². The van der Waals surface area contributed by atoms with Gasteiger partial charge in [0.15, 0.2) is 5.82 Å². The van der Waals surface area contributed by atoms with Crippen molar-refractivity contribution in [3.8, 4) is 17.3 Å². The van der Waals surface area contributed by atoms with Crippen LogP contribution < -0.4 is 9.04 Å². The minimum absolute atomic E-state index is 0.205. The Kier molecular flexibility index (Phi) is 6.04. The van der Waals surface area contributed by atoms with Gasteiger partial charge in [-0.05, 0) is 61.0 Å². The average molecular weight is 502 g/mol. The van der Waals surface area contributed by atoms with Gasteiger partial charge in [0.05, 0.1) is 31.0 Å². The molecule has 1 aliphatic rings. The number of nitrogens with zero attached hydrogens (tertiary/aromatic N) is 5. The highest BCUT2D eigenvalue weighted by Gasteiger charge is 2.27. The summed E-state index contributed by atoms with van der Waals surface area (Å²) in [6.07, 6.45) is 3.83. The summed E-state index contributed by atoms with van der Waals surface area (Å²) < 4.78 is 42.4. The maximum atomic E-state index is 13.5. The number of carbonyl (C=O) groups is 1. The summed E-state index contributed by atoms with van der Waals surface area (Å²) >= 11 is 0.933. The lowest BCUT2D eigenvalue weighted by Crippen LogP contribution is -2.21. The third kappa shape index (κ3) is 4.07. The quantitative estimate of drug-likeness (QED) is 0.189. The molecule has 35 heavy (non-hydrogen) atoms. The molecule has 5 rings (SSSR count). The summed E-state index contributed by atoms with van der Waals surface area (Å²) in [5.74, 6) is 1.40. The van der Waals surface area contributed by atoms with Crippen molar-refractivity contribution in [2.24, 2.45) is 13.0 Å². The summed E-state index contributed by atoms with van der Waals surface area (Å²) in [5.41, 5.74) is 3.13. The van der Waals surface area contributed by atoms with E-state index in [9.17, 15) is 13.6 Å². The predicted molar refractivity (Wildman–Crippen MR) is 132 cm³/mol. The van der Waals surface area contributed by atoms with E-state index in [-0.39, 0.29) is 5.82 Å². The first-order valence-electron chi connectivity index (χ1n) is 11.1. The van der Waals surface area contributed by atoms with Gasteiger partial charge in [-0.25, -0.2) is 19.1 Å². The van der Waals surface area contributed by atoms with Gasteiger partial charge in [0.25, 0.3) is 0 Å². The fraction of sp³-hybridized carbons (Fsp3) is 0.375. The van der Waals surface area contributed by atoms with Crippen LogP contribution in [0.4, 0.5) is 14.6 Å². The summed E-state index contributed by atoms with van der Waals surface area (Å²) in [6.45, 7) is -1.95. The molecular weight excluding hydrogens is 476 g/mol. The number of aryl methyl sites for hydroxylation is 1. The normalized spacial score (nSPS) is 13.7. The number of halogens is 2. The third-order valence-corrected chi connectivity index (χ3v) is 7.01.